The Balaban J connectivity index is 1.61. The number of benzene rings is 2. The highest BCUT2D eigenvalue weighted by molar-refractivity contribution is 6.34. The van der Waals surface area contributed by atoms with E-state index in [2.05, 4.69) is 20.2 Å². The molecule has 0 saturated carbocycles. The summed E-state index contributed by atoms with van der Waals surface area (Å²) in [6.45, 7) is 2.87. The van der Waals surface area contributed by atoms with Crippen LogP contribution in [0.5, 0.6) is 0 Å². The Bertz CT molecular complexity index is 1010. The zero-order chi connectivity index (χ0) is 18.8. The van der Waals surface area contributed by atoms with Gasteiger partial charge in [-0.2, -0.15) is 0 Å². The van der Waals surface area contributed by atoms with Crippen LogP contribution in [0.2, 0.25) is 5.02 Å². The molecule has 1 fully saturated rings. The molecule has 2 aromatic carbocycles. The second-order valence-corrected chi connectivity index (χ2v) is 6.51. The first-order valence-corrected chi connectivity index (χ1v) is 8.83. The number of ether oxygens (including phenoxy) is 1. The Kier molecular flexibility index (Phi) is 4.87. The molecule has 1 aromatic heterocycles. The van der Waals surface area contributed by atoms with E-state index in [1.807, 2.05) is 6.07 Å². The van der Waals surface area contributed by atoms with Gasteiger partial charge in [0.25, 0.3) is 5.91 Å². The fourth-order valence-electron chi connectivity index (χ4n) is 3.02. The van der Waals surface area contributed by atoms with E-state index in [-0.39, 0.29) is 10.6 Å². The van der Waals surface area contributed by atoms with E-state index in [1.54, 1.807) is 12.1 Å². The number of hydrogen-bond acceptors (Lipinski definition) is 5. The van der Waals surface area contributed by atoms with Gasteiger partial charge in [-0.05, 0) is 36.4 Å². The number of nitrogens with zero attached hydrogens (tertiary/aromatic N) is 3. The van der Waals surface area contributed by atoms with E-state index >= 15 is 0 Å². The molecule has 3 aromatic rings. The Morgan fingerprint density at radius 3 is 2.74 bits per heavy atom. The van der Waals surface area contributed by atoms with Crippen LogP contribution >= 0.6 is 11.6 Å². The molecule has 138 valence electrons. The van der Waals surface area contributed by atoms with Crippen LogP contribution in [0.15, 0.2) is 42.7 Å². The molecule has 1 aliphatic heterocycles. The van der Waals surface area contributed by atoms with Gasteiger partial charge in [-0.15, -0.1) is 0 Å². The molecule has 8 heteroatoms. The Morgan fingerprint density at radius 2 is 1.96 bits per heavy atom. The maximum absolute atomic E-state index is 13.2. The van der Waals surface area contributed by atoms with Crippen molar-refractivity contribution in [2.45, 2.75) is 0 Å². The number of carbonyl (C=O) groups is 1. The number of amides is 1. The fourth-order valence-corrected chi connectivity index (χ4v) is 3.27. The van der Waals surface area contributed by atoms with Crippen molar-refractivity contribution in [2.75, 3.05) is 36.5 Å². The highest BCUT2D eigenvalue weighted by Crippen LogP contribution is 2.26. The van der Waals surface area contributed by atoms with Crippen LogP contribution in [0.1, 0.15) is 10.4 Å². The van der Waals surface area contributed by atoms with Crippen molar-refractivity contribution in [3.8, 4) is 0 Å². The minimum absolute atomic E-state index is 0.0604. The minimum atomic E-state index is -0.491. The Hall–Kier alpha value is -2.77. The third-order valence-corrected chi connectivity index (χ3v) is 4.67. The largest absolute Gasteiger partial charge is 0.378 e. The number of aromatic nitrogens is 2. The molecule has 0 unspecified atom stereocenters. The number of anilines is 2. The first kappa shape index (κ1) is 17.6. The summed E-state index contributed by atoms with van der Waals surface area (Å²) >= 11 is 5.96. The number of rotatable bonds is 3. The van der Waals surface area contributed by atoms with Crippen LogP contribution in [0.4, 0.5) is 15.9 Å². The van der Waals surface area contributed by atoms with E-state index in [0.29, 0.717) is 18.9 Å². The number of hydrogen-bond donors (Lipinski definition) is 1. The standard InChI is InChI=1S/C19H16ClFN4O2/c20-16-9-12(21)1-3-14(16)19(26)24-13-2-4-15-17(10-13)22-11-23-18(15)25-5-7-27-8-6-25/h1-4,9-11H,5-8H2,(H,24,26). The number of carbonyl (C=O) groups excluding carboxylic acids is 1. The summed E-state index contributed by atoms with van der Waals surface area (Å²) in [7, 11) is 0. The topological polar surface area (TPSA) is 67.4 Å². The minimum Gasteiger partial charge on any atom is -0.378 e. The molecular formula is C19H16ClFN4O2. The van der Waals surface area contributed by atoms with Crippen molar-refractivity contribution < 1.29 is 13.9 Å². The maximum Gasteiger partial charge on any atom is 0.257 e. The first-order valence-electron chi connectivity index (χ1n) is 8.46. The van der Waals surface area contributed by atoms with E-state index < -0.39 is 11.7 Å². The van der Waals surface area contributed by atoms with Gasteiger partial charge < -0.3 is 15.0 Å². The van der Waals surface area contributed by atoms with Gasteiger partial charge in [0, 0.05) is 24.2 Å². The van der Waals surface area contributed by atoms with Crippen LogP contribution in [0.25, 0.3) is 10.9 Å². The monoisotopic (exact) mass is 386 g/mol. The molecule has 6 nitrogen and oxygen atoms in total. The van der Waals surface area contributed by atoms with Crippen LogP contribution in [0, 0.1) is 5.82 Å². The summed E-state index contributed by atoms with van der Waals surface area (Å²) in [4.78, 5) is 23.3. The predicted molar refractivity (Wildman–Crippen MR) is 102 cm³/mol. The zero-order valence-corrected chi connectivity index (χ0v) is 15.0. The molecule has 0 atom stereocenters. The van der Waals surface area contributed by atoms with Crippen molar-refractivity contribution in [3.63, 3.8) is 0 Å². The zero-order valence-electron chi connectivity index (χ0n) is 14.3. The highest BCUT2D eigenvalue weighted by Gasteiger charge is 2.16. The summed E-state index contributed by atoms with van der Waals surface area (Å²) < 4.78 is 18.5. The van der Waals surface area contributed by atoms with E-state index in [1.165, 1.54) is 18.5 Å². The quantitative estimate of drug-likeness (QED) is 0.746. The van der Waals surface area contributed by atoms with Crippen LogP contribution in [0.3, 0.4) is 0 Å². The normalized spacial score (nSPS) is 14.4. The molecule has 0 spiro atoms. The van der Waals surface area contributed by atoms with Crippen LogP contribution in [-0.2, 0) is 4.74 Å². The molecule has 0 radical (unpaired) electrons. The Morgan fingerprint density at radius 1 is 1.15 bits per heavy atom. The van der Waals surface area contributed by atoms with Crippen molar-refractivity contribution in [3.05, 3.63) is 59.1 Å². The molecule has 0 aliphatic carbocycles. The van der Waals surface area contributed by atoms with Gasteiger partial charge in [0.2, 0.25) is 0 Å². The second kappa shape index (κ2) is 7.46. The number of morpholine rings is 1. The summed E-state index contributed by atoms with van der Waals surface area (Å²) in [5.74, 6) is -0.0563. The van der Waals surface area contributed by atoms with Gasteiger partial charge in [0.05, 0.1) is 29.3 Å². The van der Waals surface area contributed by atoms with Gasteiger partial charge in [0.15, 0.2) is 0 Å². The van der Waals surface area contributed by atoms with E-state index in [4.69, 9.17) is 16.3 Å². The molecule has 1 aliphatic rings. The average molecular weight is 387 g/mol. The van der Waals surface area contributed by atoms with Crippen LogP contribution < -0.4 is 10.2 Å². The molecule has 0 bridgehead atoms. The van der Waals surface area contributed by atoms with Crippen molar-refractivity contribution in [2.24, 2.45) is 0 Å². The molecule has 1 N–H and O–H groups in total. The lowest BCUT2D eigenvalue weighted by Crippen LogP contribution is -2.36. The highest BCUT2D eigenvalue weighted by atomic mass is 35.5. The van der Waals surface area contributed by atoms with Gasteiger partial charge in [-0.25, -0.2) is 14.4 Å². The van der Waals surface area contributed by atoms with Gasteiger partial charge in [-0.1, -0.05) is 11.6 Å². The molecular weight excluding hydrogens is 371 g/mol. The average Bonchev–Trinajstić information content (AvgIpc) is 2.68. The van der Waals surface area contributed by atoms with Gasteiger partial charge in [0.1, 0.15) is 18.0 Å². The number of nitrogens with one attached hydrogen (secondary N) is 1. The third-order valence-electron chi connectivity index (χ3n) is 4.36. The molecule has 1 saturated heterocycles. The lowest BCUT2D eigenvalue weighted by atomic mass is 10.1. The lowest BCUT2D eigenvalue weighted by molar-refractivity contribution is 0.102. The van der Waals surface area contributed by atoms with Crippen molar-refractivity contribution >= 4 is 39.9 Å². The lowest BCUT2D eigenvalue weighted by Gasteiger charge is -2.28. The van der Waals surface area contributed by atoms with Crippen molar-refractivity contribution in [1.82, 2.24) is 9.97 Å². The maximum atomic E-state index is 13.2. The van der Waals surface area contributed by atoms with E-state index in [0.717, 1.165) is 35.9 Å². The summed E-state index contributed by atoms with van der Waals surface area (Å²) in [5, 5.41) is 3.73. The third kappa shape index (κ3) is 3.70. The first-order chi connectivity index (χ1) is 13.1. The summed E-state index contributed by atoms with van der Waals surface area (Å²) in [6.07, 6.45) is 1.51. The number of halogens is 2. The van der Waals surface area contributed by atoms with Crippen LogP contribution in [-0.4, -0.2) is 42.2 Å². The molecule has 2 heterocycles. The SMILES string of the molecule is O=C(Nc1ccc2c(N3CCOCC3)ncnc2c1)c1ccc(F)cc1Cl. The fraction of sp³-hybridized carbons (Fsp3) is 0.211. The van der Waals surface area contributed by atoms with Gasteiger partial charge >= 0.3 is 0 Å². The Labute approximate surface area is 159 Å². The second-order valence-electron chi connectivity index (χ2n) is 6.11. The van der Waals surface area contributed by atoms with E-state index in [9.17, 15) is 9.18 Å². The molecule has 1 amide bonds. The van der Waals surface area contributed by atoms with Crippen molar-refractivity contribution in [1.29, 1.82) is 0 Å². The molecule has 27 heavy (non-hydrogen) atoms. The smallest absolute Gasteiger partial charge is 0.257 e. The number of fused-ring (bicyclic) bond motifs is 1. The predicted octanol–water partition coefficient (Wildman–Crippen LogP) is 3.51. The summed E-state index contributed by atoms with van der Waals surface area (Å²) in [5.41, 5.74) is 1.49. The summed E-state index contributed by atoms with van der Waals surface area (Å²) in [6, 6.07) is 9.09. The molecule has 4 rings (SSSR count). The van der Waals surface area contributed by atoms with Gasteiger partial charge in [-0.3, -0.25) is 4.79 Å².